The molecule has 29 heavy (non-hydrogen) atoms. The first-order valence-electron chi connectivity index (χ1n) is 10.4. The minimum absolute atomic E-state index is 0.215. The van der Waals surface area contributed by atoms with Gasteiger partial charge in [0, 0.05) is 30.6 Å². The number of hydrogen-bond donors (Lipinski definition) is 0. The number of thioether (sulfide) groups is 1. The second kappa shape index (κ2) is 8.28. The van der Waals surface area contributed by atoms with Gasteiger partial charge in [0.25, 0.3) is 0 Å². The summed E-state index contributed by atoms with van der Waals surface area (Å²) in [5.74, 6) is 3.54. The molecule has 0 radical (unpaired) electrons. The molecule has 3 heterocycles. The summed E-state index contributed by atoms with van der Waals surface area (Å²) in [4.78, 5) is 16.6. The molecule has 0 saturated carbocycles. The van der Waals surface area contributed by atoms with E-state index in [0.717, 1.165) is 49.0 Å². The van der Waals surface area contributed by atoms with Crippen molar-refractivity contribution in [1.82, 2.24) is 4.90 Å². The van der Waals surface area contributed by atoms with Gasteiger partial charge in [0.05, 0.1) is 5.75 Å². The van der Waals surface area contributed by atoms with Gasteiger partial charge in [-0.1, -0.05) is 18.2 Å². The second-order valence-corrected chi connectivity index (χ2v) is 8.90. The second-order valence-electron chi connectivity index (χ2n) is 7.80. The van der Waals surface area contributed by atoms with Gasteiger partial charge in [-0.2, -0.15) is 11.8 Å². The van der Waals surface area contributed by atoms with Crippen LogP contribution in [0.15, 0.2) is 42.5 Å². The lowest BCUT2D eigenvalue weighted by Crippen LogP contribution is -2.38. The molecule has 0 aliphatic carbocycles. The minimum atomic E-state index is 0.215. The molecule has 5 rings (SSSR count). The quantitative estimate of drug-likeness (QED) is 0.765. The lowest BCUT2D eigenvalue weighted by Gasteiger charge is -2.28. The van der Waals surface area contributed by atoms with Crippen LogP contribution in [0.3, 0.4) is 0 Å². The number of rotatable bonds is 4. The monoisotopic (exact) mass is 410 g/mol. The Morgan fingerprint density at radius 2 is 1.83 bits per heavy atom. The molecule has 152 valence electrons. The number of likely N-dealkylation sites (tertiary alicyclic amines) is 1. The van der Waals surface area contributed by atoms with Crippen molar-refractivity contribution < 1.29 is 14.3 Å². The van der Waals surface area contributed by atoms with E-state index in [2.05, 4.69) is 41.3 Å². The zero-order chi connectivity index (χ0) is 19.6. The maximum atomic E-state index is 12.1. The highest BCUT2D eigenvalue weighted by atomic mass is 32.2. The van der Waals surface area contributed by atoms with Crippen molar-refractivity contribution in [2.75, 3.05) is 42.7 Å². The normalized spacial score (nSPS) is 22.1. The van der Waals surface area contributed by atoms with Crippen molar-refractivity contribution in [2.24, 2.45) is 0 Å². The zero-order valence-electron chi connectivity index (χ0n) is 16.5. The predicted molar refractivity (Wildman–Crippen MR) is 116 cm³/mol. The average Bonchev–Trinajstić information content (AvgIpc) is 3.22. The van der Waals surface area contributed by atoms with Gasteiger partial charge in [-0.15, -0.1) is 0 Å². The smallest absolute Gasteiger partial charge is 0.237 e. The maximum absolute atomic E-state index is 12.1. The van der Waals surface area contributed by atoms with Crippen LogP contribution in [-0.2, 0) is 11.3 Å². The molecule has 0 spiro atoms. The third-order valence-electron chi connectivity index (χ3n) is 5.93. The number of fused-ring (bicyclic) bond motifs is 1. The highest BCUT2D eigenvalue weighted by molar-refractivity contribution is 8.00. The van der Waals surface area contributed by atoms with Crippen molar-refractivity contribution >= 4 is 23.4 Å². The Morgan fingerprint density at radius 1 is 1.00 bits per heavy atom. The maximum Gasteiger partial charge on any atom is 0.237 e. The zero-order valence-corrected chi connectivity index (χ0v) is 17.3. The fraction of sp³-hybridized carbons (Fsp3) is 0.435. The van der Waals surface area contributed by atoms with Gasteiger partial charge in [-0.3, -0.25) is 9.69 Å². The van der Waals surface area contributed by atoms with Gasteiger partial charge in [0.2, 0.25) is 5.91 Å². The summed E-state index contributed by atoms with van der Waals surface area (Å²) in [5, 5.41) is 0. The van der Waals surface area contributed by atoms with Crippen LogP contribution in [0.2, 0.25) is 0 Å². The van der Waals surface area contributed by atoms with Gasteiger partial charge in [0.1, 0.15) is 13.2 Å². The Labute approximate surface area is 176 Å². The molecule has 1 amide bonds. The van der Waals surface area contributed by atoms with E-state index in [1.165, 1.54) is 17.5 Å². The van der Waals surface area contributed by atoms with Crippen molar-refractivity contribution in [1.29, 1.82) is 0 Å². The molecule has 0 N–H and O–H groups in total. The van der Waals surface area contributed by atoms with Crippen molar-refractivity contribution in [3.63, 3.8) is 0 Å². The van der Waals surface area contributed by atoms with Gasteiger partial charge < -0.3 is 14.4 Å². The molecule has 3 aliphatic rings. The molecule has 2 saturated heterocycles. The van der Waals surface area contributed by atoms with Crippen LogP contribution in [0.4, 0.5) is 5.69 Å². The Kier molecular flexibility index (Phi) is 5.38. The molecule has 0 bridgehead atoms. The number of hydrogen-bond acceptors (Lipinski definition) is 5. The molecule has 2 aromatic carbocycles. The van der Waals surface area contributed by atoms with E-state index in [9.17, 15) is 4.79 Å². The third-order valence-corrected chi connectivity index (χ3v) is 6.86. The van der Waals surface area contributed by atoms with E-state index in [1.807, 2.05) is 11.0 Å². The number of amides is 1. The number of benzene rings is 2. The van der Waals surface area contributed by atoms with Gasteiger partial charge in [-0.25, -0.2) is 0 Å². The van der Waals surface area contributed by atoms with Crippen molar-refractivity contribution in [3.05, 3.63) is 53.6 Å². The highest BCUT2D eigenvalue weighted by Gasteiger charge is 2.27. The van der Waals surface area contributed by atoms with Crippen LogP contribution in [-0.4, -0.2) is 48.6 Å². The fourth-order valence-electron chi connectivity index (χ4n) is 4.47. The third kappa shape index (κ3) is 3.96. The topological polar surface area (TPSA) is 42.0 Å². The van der Waals surface area contributed by atoms with E-state index in [4.69, 9.17) is 9.47 Å². The van der Waals surface area contributed by atoms with Crippen LogP contribution in [0.25, 0.3) is 0 Å². The van der Waals surface area contributed by atoms with Gasteiger partial charge in [0.15, 0.2) is 11.5 Å². The molecule has 0 unspecified atom stereocenters. The summed E-state index contributed by atoms with van der Waals surface area (Å²) in [7, 11) is 0. The standard InChI is InChI=1S/C23H26N2O3S/c26-23-16-29-13-10-25(23)19-6-3-17(4-7-19)15-24-9-1-2-20(24)18-5-8-21-22(14-18)28-12-11-27-21/h3-8,14,20H,1-2,9-13,15-16H2/t20-/m1/s1. The Morgan fingerprint density at radius 3 is 2.66 bits per heavy atom. The SMILES string of the molecule is O=C1CSCCN1c1ccc(CN2CCC[C@@H]2c2ccc3c(c2)OCCO3)cc1. The molecule has 0 aromatic heterocycles. The molecule has 1 atom stereocenters. The molecular formula is C23H26N2O3S. The van der Waals surface area contributed by atoms with E-state index >= 15 is 0 Å². The lowest BCUT2D eigenvalue weighted by molar-refractivity contribution is -0.116. The first-order valence-corrected chi connectivity index (χ1v) is 11.5. The molecule has 6 heteroatoms. The van der Waals surface area contributed by atoms with Crippen LogP contribution < -0.4 is 14.4 Å². The molecule has 3 aliphatic heterocycles. The Balaban J connectivity index is 1.29. The van der Waals surface area contributed by atoms with Crippen LogP contribution >= 0.6 is 11.8 Å². The molecule has 2 fully saturated rings. The van der Waals surface area contributed by atoms with E-state index in [1.54, 1.807) is 11.8 Å². The predicted octanol–water partition coefficient (Wildman–Crippen LogP) is 3.87. The van der Waals surface area contributed by atoms with Crippen molar-refractivity contribution in [3.8, 4) is 11.5 Å². The van der Waals surface area contributed by atoms with E-state index in [-0.39, 0.29) is 5.91 Å². The first-order chi connectivity index (χ1) is 14.3. The summed E-state index contributed by atoms with van der Waals surface area (Å²) in [5.41, 5.74) is 3.61. The fourth-order valence-corrected chi connectivity index (χ4v) is 5.25. The Bertz CT molecular complexity index is 886. The van der Waals surface area contributed by atoms with E-state index in [0.29, 0.717) is 25.0 Å². The summed E-state index contributed by atoms with van der Waals surface area (Å²) < 4.78 is 11.4. The average molecular weight is 411 g/mol. The Hall–Kier alpha value is -2.18. The summed E-state index contributed by atoms with van der Waals surface area (Å²) >= 11 is 1.72. The number of anilines is 1. The summed E-state index contributed by atoms with van der Waals surface area (Å²) in [6, 6.07) is 15.3. The van der Waals surface area contributed by atoms with Crippen LogP contribution in [0.5, 0.6) is 11.5 Å². The molecule has 2 aromatic rings. The van der Waals surface area contributed by atoms with Crippen LogP contribution in [0, 0.1) is 0 Å². The number of nitrogens with zero attached hydrogens (tertiary/aromatic N) is 2. The first kappa shape index (κ1) is 18.8. The van der Waals surface area contributed by atoms with E-state index < -0.39 is 0 Å². The molecule has 5 nitrogen and oxygen atoms in total. The summed E-state index contributed by atoms with van der Waals surface area (Å²) in [6.45, 7) is 4.07. The number of carbonyl (C=O) groups excluding carboxylic acids is 1. The minimum Gasteiger partial charge on any atom is -0.486 e. The number of carbonyl (C=O) groups is 1. The summed E-state index contributed by atoms with van der Waals surface area (Å²) in [6.07, 6.45) is 2.37. The van der Waals surface area contributed by atoms with Crippen LogP contribution in [0.1, 0.15) is 30.0 Å². The van der Waals surface area contributed by atoms with Gasteiger partial charge >= 0.3 is 0 Å². The number of ether oxygens (including phenoxy) is 2. The van der Waals surface area contributed by atoms with Gasteiger partial charge in [-0.05, 0) is 54.8 Å². The highest BCUT2D eigenvalue weighted by Crippen LogP contribution is 2.38. The largest absolute Gasteiger partial charge is 0.486 e. The lowest BCUT2D eigenvalue weighted by atomic mass is 10.0. The molecular weight excluding hydrogens is 384 g/mol. The van der Waals surface area contributed by atoms with Crippen molar-refractivity contribution in [2.45, 2.75) is 25.4 Å².